The second-order valence-corrected chi connectivity index (χ2v) is 5.99. The summed E-state index contributed by atoms with van der Waals surface area (Å²) in [5.74, 6) is 1.17. The van der Waals surface area contributed by atoms with Crippen LogP contribution in [0.5, 0.6) is 11.5 Å². The predicted molar refractivity (Wildman–Crippen MR) is 97.0 cm³/mol. The molecule has 1 aromatic carbocycles. The molecular weight excluding hydrogens is 316 g/mol. The Morgan fingerprint density at radius 3 is 2.76 bits per heavy atom. The summed E-state index contributed by atoms with van der Waals surface area (Å²) in [7, 11) is 0. The molecule has 3 rings (SSSR count). The lowest BCUT2D eigenvalue weighted by Gasteiger charge is -2.27. The van der Waals surface area contributed by atoms with Crippen LogP contribution in [0.1, 0.15) is 16.9 Å². The van der Waals surface area contributed by atoms with Gasteiger partial charge in [-0.2, -0.15) is 0 Å². The normalized spacial score (nSPS) is 14.9. The van der Waals surface area contributed by atoms with E-state index in [9.17, 15) is 4.79 Å². The van der Waals surface area contributed by atoms with Crippen molar-refractivity contribution in [1.29, 1.82) is 0 Å². The Balaban J connectivity index is 1.46. The van der Waals surface area contributed by atoms with Gasteiger partial charge in [0.2, 0.25) is 0 Å². The number of benzene rings is 1. The molecular formula is C19H24N4O2. The standard InChI is InChI=1S/C19H24N4O2/c24-19(22-8-4-12-23-13-10-20-11-14-23)18-15-17(7-9-21-18)25-16-5-2-1-3-6-16/h1-3,5-7,9,15,20H,4,8,10-14H2,(H,22,24). The number of hydrogen-bond acceptors (Lipinski definition) is 5. The minimum Gasteiger partial charge on any atom is -0.457 e. The molecule has 0 spiro atoms. The predicted octanol–water partition coefficient (Wildman–Crippen LogP) is 1.90. The van der Waals surface area contributed by atoms with E-state index >= 15 is 0 Å². The highest BCUT2D eigenvalue weighted by Crippen LogP contribution is 2.20. The molecule has 1 amide bonds. The zero-order chi connectivity index (χ0) is 17.3. The van der Waals surface area contributed by atoms with E-state index in [1.54, 1.807) is 18.3 Å². The number of hydrogen-bond donors (Lipinski definition) is 2. The van der Waals surface area contributed by atoms with Gasteiger partial charge in [0.1, 0.15) is 17.2 Å². The molecule has 0 unspecified atom stereocenters. The number of amides is 1. The zero-order valence-corrected chi connectivity index (χ0v) is 14.3. The van der Waals surface area contributed by atoms with E-state index in [1.807, 2.05) is 30.3 Å². The van der Waals surface area contributed by atoms with Gasteiger partial charge in [-0.25, -0.2) is 0 Å². The number of nitrogens with one attached hydrogen (secondary N) is 2. The molecule has 6 nitrogen and oxygen atoms in total. The van der Waals surface area contributed by atoms with Crippen LogP contribution in [0, 0.1) is 0 Å². The van der Waals surface area contributed by atoms with Crippen molar-refractivity contribution in [2.24, 2.45) is 0 Å². The number of ether oxygens (including phenoxy) is 1. The van der Waals surface area contributed by atoms with Crippen LogP contribution < -0.4 is 15.4 Å². The van der Waals surface area contributed by atoms with Crippen molar-refractivity contribution in [2.45, 2.75) is 6.42 Å². The topological polar surface area (TPSA) is 66.5 Å². The Morgan fingerprint density at radius 1 is 1.16 bits per heavy atom. The van der Waals surface area contributed by atoms with E-state index in [4.69, 9.17) is 4.74 Å². The lowest BCUT2D eigenvalue weighted by Crippen LogP contribution is -2.44. The molecule has 25 heavy (non-hydrogen) atoms. The molecule has 132 valence electrons. The summed E-state index contributed by atoms with van der Waals surface area (Å²) in [4.78, 5) is 18.8. The van der Waals surface area contributed by atoms with Crippen molar-refractivity contribution in [1.82, 2.24) is 20.5 Å². The van der Waals surface area contributed by atoms with Gasteiger partial charge < -0.3 is 20.3 Å². The fourth-order valence-electron chi connectivity index (χ4n) is 2.75. The van der Waals surface area contributed by atoms with Crippen LogP contribution in [0.15, 0.2) is 48.7 Å². The molecule has 0 aliphatic carbocycles. The van der Waals surface area contributed by atoms with Crippen molar-refractivity contribution in [2.75, 3.05) is 39.3 Å². The summed E-state index contributed by atoms with van der Waals surface area (Å²) in [6, 6.07) is 12.9. The molecule has 2 heterocycles. The number of rotatable bonds is 7. The molecule has 0 saturated carbocycles. The molecule has 1 fully saturated rings. The van der Waals surface area contributed by atoms with Crippen molar-refractivity contribution in [3.63, 3.8) is 0 Å². The summed E-state index contributed by atoms with van der Waals surface area (Å²) in [5.41, 5.74) is 0.371. The monoisotopic (exact) mass is 340 g/mol. The first-order valence-corrected chi connectivity index (χ1v) is 8.71. The van der Waals surface area contributed by atoms with Crippen LogP contribution >= 0.6 is 0 Å². The third-order valence-corrected chi connectivity index (χ3v) is 4.09. The molecule has 6 heteroatoms. The van der Waals surface area contributed by atoms with Crippen LogP contribution in [0.3, 0.4) is 0 Å². The fraction of sp³-hybridized carbons (Fsp3) is 0.368. The Bertz CT molecular complexity index is 672. The molecule has 1 aliphatic rings. The minimum atomic E-state index is -0.168. The molecule has 1 aliphatic heterocycles. The van der Waals surface area contributed by atoms with E-state index < -0.39 is 0 Å². The van der Waals surface area contributed by atoms with E-state index in [1.165, 1.54) is 0 Å². The van der Waals surface area contributed by atoms with Gasteiger partial charge in [0.15, 0.2) is 0 Å². The summed E-state index contributed by atoms with van der Waals surface area (Å²) in [6.07, 6.45) is 2.53. The third-order valence-electron chi connectivity index (χ3n) is 4.09. The SMILES string of the molecule is O=C(NCCCN1CCNCC1)c1cc(Oc2ccccc2)ccn1. The van der Waals surface area contributed by atoms with Gasteiger partial charge in [-0.15, -0.1) is 0 Å². The van der Waals surface area contributed by atoms with Crippen molar-refractivity contribution in [3.8, 4) is 11.5 Å². The van der Waals surface area contributed by atoms with Crippen molar-refractivity contribution in [3.05, 3.63) is 54.4 Å². The first-order valence-electron chi connectivity index (χ1n) is 8.71. The molecule has 1 aromatic heterocycles. The van der Waals surface area contributed by atoms with Crippen molar-refractivity contribution < 1.29 is 9.53 Å². The Labute approximate surface area is 148 Å². The number of piperazine rings is 1. The maximum Gasteiger partial charge on any atom is 0.270 e. The fourth-order valence-corrected chi connectivity index (χ4v) is 2.75. The molecule has 0 radical (unpaired) electrons. The van der Waals surface area contributed by atoms with Gasteiger partial charge in [-0.3, -0.25) is 9.78 Å². The van der Waals surface area contributed by atoms with Crippen LogP contribution in [-0.2, 0) is 0 Å². The summed E-state index contributed by atoms with van der Waals surface area (Å²) >= 11 is 0. The van der Waals surface area contributed by atoms with Gasteiger partial charge in [-0.05, 0) is 31.2 Å². The molecule has 0 bridgehead atoms. The highest BCUT2D eigenvalue weighted by Gasteiger charge is 2.11. The first kappa shape index (κ1) is 17.4. The molecule has 1 saturated heterocycles. The molecule has 2 aromatic rings. The number of carbonyl (C=O) groups excluding carboxylic acids is 1. The lowest BCUT2D eigenvalue weighted by molar-refractivity contribution is 0.0946. The smallest absolute Gasteiger partial charge is 0.270 e. The highest BCUT2D eigenvalue weighted by molar-refractivity contribution is 5.92. The Kier molecular flexibility index (Phi) is 6.36. The van der Waals surface area contributed by atoms with Gasteiger partial charge in [0.05, 0.1) is 0 Å². The average molecular weight is 340 g/mol. The van der Waals surface area contributed by atoms with Gasteiger partial charge in [-0.1, -0.05) is 18.2 Å². The number of nitrogens with zero attached hydrogens (tertiary/aromatic N) is 2. The quantitative estimate of drug-likeness (QED) is 0.754. The van der Waals surface area contributed by atoms with Gasteiger partial charge in [0, 0.05) is 45.0 Å². The van der Waals surface area contributed by atoms with E-state index in [-0.39, 0.29) is 5.91 Å². The van der Waals surface area contributed by atoms with Gasteiger partial charge >= 0.3 is 0 Å². The highest BCUT2D eigenvalue weighted by atomic mass is 16.5. The van der Waals surface area contributed by atoms with E-state index in [0.717, 1.165) is 44.9 Å². The number of aromatic nitrogens is 1. The second kappa shape index (κ2) is 9.15. The largest absolute Gasteiger partial charge is 0.457 e. The summed E-state index contributed by atoms with van der Waals surface area (Å²) < 4.78 is 5.74. The number of pyridine rings is 1. The Hall–Kier alpha value is -2.44. The summed E-state index contributed by atoms with van der Waals surface area (Å²) in [6.45, 7) is 5.90. The Morgan fingerprint density at radius 2 is 1.96 bits per heavy atom. The maximum atomic E-state index is 12.2. The van der Waals surface area contributed by atoms with Gasteiger partial charge in [0.25, 0.3) is 5.91 Å². The first-order chi connectivity index (χ1) is 12.3. The van der Waals surface area contributed by atoms with Crippen LogP contribution in [0.25, 0.3) is 0 Å². The van der Waals surface area contributed by atoms with E-state index in [2.05, 4.69) is 20.5 Å². The van der Waals surface area contributed by atoms with Crippen molar-refractivity contribution >= 4 is 5.91 Å². The van der Waals surface area contributed by atoms with E-state index in [0.29, 0.717) is 18.0 Å². The maximum absolute atomic E-state index is 12.2. The van der Waals surface area contributed by atoms with Crippen LogP contribution in [-0.4, -0.2) is 55.1 Å². The summed E-state index contributed by atoms with van der Waals surface area (Å²) in [5, 5.41) is 6.27. The second-order valence-electron chi connectivity index (χ2n) is 5.99. The number of carbonyl (C=O) groups is 1. The third kappa shape index (κ3) is 5.55. The number of para-hydroxylation sites is 1. The average Bonchev–Trinajstić information content (AvgIpc) is 2.67. The van der Waals surface area contributed by atoms with Crippen LogP contribution in [0.4, 0.5) is 0 Å². The minimum absolute atomic E-state index is 0.168. The molecule has 0 atom stereocenters. The van der Waals surface area contributed by atoms with Crippen LogP contribution in [0.2, 0.25) is 0 Å². The lowest BCUT2D eigenvalue weighted by atomic mass is 10.3. The molecule has 2 N–H and O–H groups in total. The zero-order valence-electron chi connectivity index (χ0n) is 14.3.